The monoisotopic (exact) mass is 224 g/mol. The molecule has 0 amide bonds. The second kappa shape index (κ2) is 6.12. The summed E-state index contributed by atoms with van der Waals surface area (Å²) in [7, 11) is 0. The maximum Gasteiger partial charge on any atom is 0.223 e. The summed E-state index contributed by atoms with van der Waals surface area (Å²) in [4.78, 5) is 8.00. The lowest BCUT2D eigenvalue weighted by molar-refractivity contribution is 0.643. The average molecular weight is 224 g/mol. The van der Waals surface area contributed by atoms with Crippen LogP contribution in [0.25, 0.3) is 0 Å². The van der Waals surface area contributed by atoms with Crippen molar-refractivity contribution in [3.8, 4) is 0 Å². The first-order valence-electron chi connectivity index (χ1n) is 5.53. The van der Waals surface area contributed by atoms with E-state index in [9.17, 15) is 0 Å². The third-order valence-corrected chi connectivity index (χ3v) is 2.28. The molecule has 0 aliphatic carbocycles. The summed E-state index contributed by atoms with van der Waals surface area (Å²) in [6.45, 7) is 4.29. The molecule has 0 radical (unpaired) electrons. The Morgan fingerprint density at radius 1 is 1.38 bits per heavy atom. The summed E-state index contributed by atoms with van der Waals surface area (Å²) in [5, 5.41) is 3.27. The predicted molar refractivity (Wildman–Crippen MR) is 66.9 cm³/mol. The molecule has 16 heavy (non-hydrogen) atoms. The number of rotatable bonds is 6. The molecule has 1 atom stereocenters. The van der Waals surface area contributed by atoms with Crippen LogP contribution in [0.15, 0.2) is 6.07 Å². The summed E-state index contributed by atoms with van der Waals surface area (Å²) in [6, 6.07) is 2.10. The topological polar surface area (TPSA) is 102 Å². The van der Waals surface area contributed by atoms with E-state index in [4.69, 9.17) is 11.6 Å². The highest BCUT2D eigenvalue weighted by atomic mass is 15.3. The fourth-order valence-corrected chi connectivity index (χ4v) is 1.45. The molecule has 0 saturated carbocycles. The maximum atomic E-state index is 5.55. The van der Waals surface area contributed by atoms with Crippen molar-refractivity contribution in [3.63, 3.8) is 0 Å². The van der Waals surface area contributed by atoms with Crippen LogP contribution in [0.5, 0.6) is 0 Å². The van der Waals surface area contributed by atoms with Crippen LogP contribution in [0.1, 0.15) is 33.1 Å². The van der Waals surface area contributed by atoms with E-state index >= 15 is 0 Å². The van der Waals surface area contributed by atoms with E-state index < -0.39 is 0 Å². The molecular weight excluding hydrogens is 204 g/mol. The number of anilines is 3. The molecule has 0 aliphatic heterocycles. The smallest absolute Gasteiger partial charge is 0.223 e. The Morgan fingerprint density at radius 3 is 2.69 bits per heavy atom. The summed E-state index contributed by atoms with van der Waals surface area (Å²) < 4.78 is 0. The van der Waals surface area contributed by atoms with Crippen LogP contribution in [-0.4, -0.2) is 16.0 Å². The maximum absolute atomic E-state index is 5.55. The normalized spacial score (nSPS) is 12.2. The summed E-state index contributed by atoms with van der Waals surface area (Å²) in [6.07, 6.45) is 3.48. The minimum absolute atomic E-state index is 0.209. The van der Waals surface area contributed by atoms with Crippen molar-refractivity contribution in [3.05, 3.63) is 6.07 Å². The molecule has 90 valence electrons. The van der Waals surface area contributed by atoms with Crippen molar-refractivity contribution in [2.24, 2.45) is 5.84 Å². The van der Waals surface area contributed by atoms with Crippen molar-refractivity contribution >= 4 is 17.6 Å². The van der Waals surface area contributed by atoms with E-state index in [0.717, 1.165) is 6.42 Å². The quantitative estimate of drug-likeness (QED) is 0.429. The van der Waals surface area contributed by atoms with Crippen molar-refractivity contribution in [1.29, 1.82) is 0 Å². The lowest BCUT2D eigenvalue weighted by Crippen LogP contribution is -2.17. The standard InChI is InChI=1S/C10H20N6/c1-3-4-5-7(2)13-8-6-9(16-12)15-10(11)14-8/h6-7H,3-5,12H2,1-2H3,(H4,11,13,14,15,16). The van der Waals surface area contributed by atoms with Gasteiger partial charge in [0.05, 0.1) is 0 Å². The third kappa shape index (κ3) is 3.90. The first-order valence-corrected chi connectivity index (χ1v) is 5.53. The lowest BCUT2D eigenvalue weighted by atomic mass is 10.1. The molecule has 0 fully saturated rings. The highest BCUT2D eigenvalue weighted by Crippen LogP contribution is 2.13. The van der Waals surface area contributed by atoms with Crippen molar-refractivity contribution in [2.45, 2.75) is 39.2 Å². The van der Waals surface area contributed by atoms with Gasteiger partial charge in [0.2, 0.25) is 5.95 Å². The molecule has 6 N–H and O–H groups in total. The van der Waals surface area contributed by atoms with Gasteiger partial charge in [0.15, 0.2) is 0 Å². The first-order chi connectivity index (χ1) is 7.65. The van der Waals surface area contributed by atoms with Crippen molar-refractivity contribution in [1.82, 2.24) is 9.97 Å². The van der Waals surface area contributed by atoms with Crippen LogP contribution in [0.3, 0.4) is 0 Å². The largest absolute Gasteiger partial charge is 0.368 e. The number of hydrogen-bond donors (Lipinski definition) is 4. The Labute approximate surface area is 95.8 Å². The number of nitrogens with one attached hydrogen (secondary N) is 2. The van der Waals surface area contributed by atoms with Gasteiger partial charge in [-0.2, -0.15) is 9.97 Å². The van der Waals surface area contributed by atoms with Crippen molar-refractivity contribution in [2.75, 3.05) is 16.5 Å². The third-order valence-electron chi connectivity index (χ3n) is 2.28. The van der Waals surface area contributed by atoms with E-state index in [0.29, 0.717) is 17.7 Å². The fraction of sp³-hybridized carbons (Fsp3) is 0.600. The molecule has 0 aromatic carbocycles. The van der Waals surface area contributed by atoms with Gasteiger partial charge in [-0.25, -0.2) is 5.84 Å². The van der Waals surface area contributed by atoms with Gasteiger partial charge < -0.3 is 16.5 Å². The number of hydrogen-bond acceptors (Lipinski definition) is 6. The minimum atomic E-state index is 0.209. The molecule has 1 heterocycles. The zero-order valence-corrected chi connectivity index (χ0v) is 9.83. The zero-order valence-electron chi connectivity index (χ0n) is 9.83. The average Bonchev–Trinajstić information content (AvgIpc) is 2.25. The molecule has 0 saturated heterocycles. The van der Waals surface area contributed by atoms with Crippen LogP contribution in [-0.2, 0) is 0 Å². The van der Waals surface area contributed by atoms with Gasteiger partial charge in [0.1, 0.15) is 11.6 Å². The molecule has 1 rings (SSSR count). The Morgan fingerprint density at radius 2 is 2.06 bits per heavy atom. The molecular formula is C10H20N6. The molecule has 1 aromatic rings. The Kier molecular flexibility index (Phi) is 4.78. The van der Waals surface area contributed by atoms with E-state index in [2.05, 4.69) is 34.6 Å². The predicted octanol–water partition coefficient (Wildman–Crippen LogP) is 1.33. The second-order valence-electron chi connectivity index (χ2n) is 3.83. The van der Waals surface area contributed by atoms with E-state index in [1.54, 1.807) is 6.07 Å². The lowest BCUT2D eigenvalue weighted by Gasteiger charge is -2.14. The van der Waals surface area contributed by atoms with E-state index in [-0.39, 0.29) is 5.95 Å². The fourth-order valence-electron chi connectivity index (χ4n) is 1.45. The molecule has 0 aliphatic rings. The molecule has 0 bridgehead atoms. The molecule has 1 aromatic heterocycles. The van der Waals surface area contributed by atoms with Gasteiger partial charge in [0.25, 0.3) is 0 Å². The molecule has 6 heteroatoms. The van der Waals surface area contributed by atoms with Crippen LogP contribution >= 0.6 is 0 Å². The van der Waals surface area contributed by atoms with Crippen molar-refractivity contribution < 1.29 is 0 Å². The van der Waals surface area contributed by atoms with Gasteiger partial charge in [-0.1, -0.05) is 19.8 Å². The number of nitrogens with two attached hydrogens (primary N) is 2. The summed E-state index contributed by atoms with van der Waals surface area (Å²) >= 11 is 0. The van der Waals surface area contributed by atoms with Crippen LogP contribution < -0.4 is 22.3 Å². The summed E-state index contributed by atoms with van der Waals surface area (Å²) in [5.41, 5.74) is 8.01. The number of aromatic nitrogens is 2. The SMILES string of the molecule is CCCCC(C)Nc1cc(NN)nc(N)n1. The van der Waals surface area contributed by atoms with Gasteiger partial charge in [-0.3, -0.25) is 0 Å². The van der Waals surface area contributed by atoms with Gasteiger partial charge in [-0.15, -0.1) is 0 Å². The highest BCUT2D eigenvalue weighted by Gasteiger charge is 2.05. The van der Waals surface area contributed by atoms with Crippen LogP contribution in [0.2, 0.25) is 0 Å². The Balaban J connectivity index is 2.61. The van der Waals surface area contributed by atoms with Gasteiger partial charge >= 0.3 is 0 Å². The first kappa shape index (κ1) is 12.5. The number of nitrogens with zero attached hydrogens (tertiary/aromatic N) is 2. The van der Waals surface area contributed by atoms with Gasteiger partial charge in [0, 0.05) is 12.1 Å². The number of hydrazine groups is 1. The second-order valence-corrected chi connectivity index (χ2v) is 3.83. The molecule has 0 spiro atoms. The molecule has 1 unspecified atom stereocenters. The van der Waals surface area contributed by atoms with E-state index in [1.807, 2.05) is 0 Å². The van der Waals surface area contributed by atoms with Crippen LogP contribution in [0.4, 0.5) is 17.6 Å². The molecule has 6 nitrogen and oxygen atoms in total. The van der Waals surface area contributed by atoms with Gasteiger partial charge in [-0.05, 0) is 13.3 Å². The Hall–Kier alpha value is -1.56. The summed E-state index contributed by atoms with van der Waals surface area (Å²) in [5.74, 6) is 6.69. The number of nitrogen functional groups attached to an aromatic ring is 2. The van der Waals surface area contributed by atoms with E-state index in [1.165, 1.54) is 12.8 Å². The highest BCUT2D eigenvalue weighted by molar-refractivity contribution is 5.50. The number of unbranched alkanes of at least 4 members (excludes halogenated alkanes) is 1. The zero-order chi connectivity index (χ0) is 12.0. The van der Waals surface area contributed by atoms with Crippen LogP contribution in [0, 0.1) is 0 Å². The Bertz CT molecular complexity index is 327. The minimum Gasteiger partial charge on any atom is -0.368 e.